The molecule has 0 radical (unpaired) electrons. The summed E-state index contributed by atoms with van der Waals surface area (Å²) in [5.41, 5.74) is 5.50. The van der Waals surface area contributed by atoms with Gasteiger partial charge in [0.2, 0.25) is 0 Å². The van der Waals surface area contributed by atoms with Crippen molar-refractivity contribution in [2.75, 3.05) is 6.26 Å². The highest BCUT2D eigenvalue weighted by Crippen LogP contribution is 2.59. The number of allylic oxidation sites excluding steroid dienone is 2. The van der Waals surface area contributed by atoms with Crippen LogP contribution in [0.15, 0.2) is 47.5 Å². The molecule has 4 rings (SSSR count). The molecule has 1 saturated carbocycles. The molecule has 0 amide bonds. The molecule has 1 aromatic heterocycles. The molecule has 2 aromatic rings. The zero-order valence-corrected chi connectivity index (χ0v) is 15.5. The average Bonchev–Trinajstić information content (AvgIpc) is 3.03. The topological polar surface area (TPSA) is 70.8 Å². The smallest absolute Gasteiger partial charge is 0.177 e. The monoisotopic (exact) mass is 364 g/mol. The molecule has 26 heavy (non-hydrogen) atoms. The summed E-state index contributed by atoms with van der Waals surface area (Å²) < 4.78 is 23.4. The van der Waals surface area contributed by atoms with Gasteiger partial charge >= 0.3 is 0 Å². The van der Waals surface area contributed by atoms with Gasteiger partial charge in [-0.25, -0.2) is 8.42 Å². The van der Waals surface area contributed by atoms with Crippen LogP contribution >= 0.6 is 0 Å². The fraction of sp³-hybridized carbons (Fsp3) is 0.333. The molecule has 0 atom stereocenters. The molecule has 1 aromatic carbocycles. The van der Waals surface area contributed by atoms with E-state index in [0.29, 0.717) is 11.0 Å². The minimum atomic E-state index is -3.24. The Bertz CT molecular complexity index is 1020. The molecule has 2 aliphatic carbocycles. The maximum Gasteiger partial charge on any atom is 0.177 e. The van der Waals surface area contributed by atoms with Crippen LogP contribution in [0.25, 0.3) is 11.1 Å². The van der Waals surface area contributed by atoms with Crippen LogP contribution in [0.1, 0.15) is 48.9 Å². The predicted molar refractivity (Wildman–Crippen MR) is 101 cm³/mol. The Morgan fingerprint density at radius 3 is 2.23 bits per heavy atom. The maximum absolute atomic E-state index is 11.7. The Labute approximate surface area is 154 Å². The summed E-state index contributed by atoms with van der Waals surface area (Å²) in [7, 11) is -3.24. The van der Waals surface area contributed by atoms with E-state index in [2.05, 4.69) is 11.1 Å². The van der Waals surface area contributed by atoms with Gasteiger partial charge < -0.3 is 0 Å². The van der Waals surface area contributed by atoms with Crippen LogP contribution in [0.4, 0.5) is 0 Å². The van der Waals surface area contributed by atoms with Gasteiger partial charge in [-0.1, -0.05) is 18.6 Å². The molecule has 1 fully saturated rings. The van der Waals surface area contributed by atoms with Crippen LogP contribution in [0.3, 0.4) is 0 Å². The van der Waals surface area contributed by atoms with Gasteiger partial charge in [0.25, 0.3) is 0 Å². The van der Waals surface area contributed by atoms with E-state index >= 15 is 0 Å². The van der Waals surface area contributed by atoms with Crippen LogP contribution < -0.4 is 0 Å². The molecule has 1 heterocycles. The average molecular weight is 364 g/mol. The lowest BCUT2D eigenvalue weighted by atomic mass is 9.66. The van der Waals surface area contributed by atoms with Gasteiger partial charge in [0.1, 0.15) is 0 Å². The standard InChI is InChI=1S/C21H20N2O2S/c1-26(24,25)17-7-8-20(23-14-17)19-12-21(9-2-10-21)11-18(19)16-5-3-15(13-22)4-6-16/h3-8,14H,2,9-12H2,1H3. The lowest BCUT2D eigenvalue weighted by Gasteiger charge is -2.39. The van der Waals surface area contributed by atoms with Crippen LogP contribution in [0.5, 0.6) is 0 Å². The summed E-state index contributed by atoms with van der Waals surface area (Å²) in [4.78, 5) is 4.72. The molecular weight excluding hydrogens is 344 g/mol. The quantitative estimate of drug-likeness (QED) is 0.817. The Morgan fingerprint density at radius 1 is 1.04 bits per heavy atom. The Balaban J connectivity index is 1.77. The number of rotatable bonds is 3. The second-order valence-electron chi connectivity index (χ2n) is 7.50. The third-order valence-electron chi connectivity index (χ3n) is 5.72. The first-order valence-corrected chi connectivity index (χ1v) is 10.7. The number of hydrogen-bond acceptors (Lipinski definition) is 4. The number of aromatic nitrogens is 1. The highest BCUT2D eigenvalue weighted by molar-refractivity contribution is 7.90. The molecule has 5 heteroatoms. The van der Waals surface area contributed by atoms with Crippen molar-refractivity contribution in [2.45, 2.75) is 37.0 Å². The third-order valence-corrected chi connectivity index (χ3v) is 6.82. The molecule has 132 valence electrons. The van der Waals surface area contributed by atoms with Crippen LogP contribution in [0, 0.1) is 16.7 Å². The predicted octanol–water partition coefficient (Wildman–Crippen LogP) is 4.23. The van der Waals surface area contributed by atoms with Gasteiger partial charge in [-0.3, -0.25) is 4.98 Å². The van der Waals surface area contributed by atoms with Gasteiger partial charge in [-0.15, -0.1) is 0 Å². The second-order valence-corrected chi connectivity index (χ2v) is 9.52. The summed E-state index contributed by atoms with van der Waals surface area (Å²) in [6.45, 7) is 0. The molecule has 0 unspecified atom stereocenters. The zero-order valence-electron chi connectivity index (χ0n) is 14.7. The normalized spacial score (nSPS) is 18.6. The molecule has 0 bridgehead atoms. The van der Waals surface area contributed by atoms with Crippen molar-refractivity contribution < 1.29 is 8.42 Å². The Morgan fingerprint density at radius 2 is 1.73 bits per heavy atom. The van der Waals surface area contributed by atoms with Gasteiger partial charge in [-0.05, 0) is 72.1 Å². The van der Waals surface area contributed by atoms with E-state index in [1.54, 1.807) is 6.07 Å². The molecule has 2 aliphatic rings. The van der Waals surface area contributed by atoms with Gasteiger partial charge in [0.15, 0.2) is 9.84 Å². The molecule has 1 spiro atoms. The first-order valence-electron chi connectivity index (χ1n) is 8.79. The first kappa shape index (κ1) is 17.0. The summed E-state index contributed by atoms with van der Waals surface area (Å²) in [5, 5.41) is 9.02. The van der Waals surface area contributed by atoms with Gasteiger partial charge in [-0.2, -0.15) is 5.26 Å². The maximum atomic E-state index is 11.7. The van der Waals surface area contributed by atoms with Crippen LogP contribution in [-0.2, 0) is 9.84 Å². The fourth-order valence-electron chi connectivity index (χ4n) is 4.10. The zero-order chi connectivity index (χ0) is 18.4. The fourth-order valence-corrected chi connectivity index (χ4v) is 4.66. The minimum Gasteiger partial charge on any atom is -0.255 e. The second kappa shape index (κ2) is 6.07. The number of benzene rings is 1. The van der Waals surface area contributed by atoms with Crippen molar-refractivity contribution in [3.63, 3.8) is 0 Å². The third kappa shape index (κ3) is 2.95. The molecule has 0 aliphatic heterocycles. The molecule has 4 nitrogen and oxygen atoms in total. The Kier molecular flexibility index (Phi) is 3.96. The number of nitrogens with zero attached hydrogens (tertiary/aromatic N) is 2. The van der Waals surface area contributed by atoms with Gasteiger partial charge in [0, 0.05) is 12.5 Å². The van der Waals surface area contributed by atoms with E-state index in [0.717, 1.165) is 24.1 Å². The summed E-state index contributed by atoms with van der Waals surface area (Å²) in [5.74, 6) is 0. The van der Waals surface area contributed by atoms with Crippen molar-refractivity contribution >= 4 is 21.0 Å². The highest BCUT2D eigenvalue weighted by atomic mass is 32.2. The number of sulfone groups is 1. The van der Waals surface area contributed by atoms with Crippen molar-refractivity contribution in [2.24, 2.45) is 5.41 Å². The molecular formula is C21H20N2O2S. The van der Waals surface area contributed by atoms with E-state index < -0.39 is 9.84 Å². The first-order chi connectivity index (χ1) is 12.4. The summed E-state index contributed by atoms with van der Waals surface area (Å²) >= 11 is 0. The molecule has 0 saturated heterocycles. The van der Waals surface area contributed by atoms with Crippen LogP contribution in [-0.4, -0.2) is 19.7 Å². The van der Waals surface area contributed by atoms with Crippen molar-refractivity contribution in [3.05, 3.63) is 59.4 Å². The van der Waals surface area contributed by atoms with Crippen molar-refractivity contribution in [1.29, 1.82) is 5.26 Å². The number of nitriles is 1. The largest absolute Gasteiger partial charge is 0.255 e. The minimum absolute atomic E-state index is 0.248. The lowest BCUT2D eigenvalue weighted by molar-refractivity contribution is 0.157. The summed E-state index contributed by atoms with van der Waals surface area (Å²) in [6.07, 6.45) is 8.42. The lowest BCUT2D eigenvalue weighted by Crippen LogP contribution is -2.26. The summed E-state index contributed by atoms with van der Waals surface area (Å²) in [6, 6.07) is 13.4. The van der Waals surface area contributed by atoms with Gasteiger partial charge in [0.05, 0.1) is 22.2 Å². The van der Waals surface area contributed by atoms with E-state index in [4.69, 9.17) is 5.26 Å². The van der Waals surface area contributed by atoms with E-state index in [9.17, 15) is 8.42 Å². The SMILES string of the molecule is CS(=O)(=O)c1ccc(C2=C(c3ccc(C#N)cc3)CC3(CCC3)C2)nc1. The number of hydrogen-bond donors (Lipinski definition) is 0. The Hall–Kier alpha value is -2.45. The number of pyridine rings is 1. The van der Waals surface area contributed by atoms with E-state index in [1.807, 2.05) is 30.3 Å². The van der Waals surface area contributed by atoms with E-state index in [1.165, 1.54) is 42.9 Å². The highest BCUT2D eigenvalue weighted by Gasteiger charge is 2.44. The van der Waals surface area contributed by atoms with Crippen molar-refractivity contribution in [3.8, 4) is 6.07 Å². The van der Waals surface area contributed by atoms with E-state index in [-0.39, 0.29) is 4.90 Å². The van der Waals surface area contributed by atoms with Crippen molar-refractivity contribution in [1.82, 2.24) is 4.98 Å². The van der Waals surface area contributed by atoms with Crippen LogP contribution in [0.2, 0.25) is 0 Å². The molecule has 0 N–H and O–H groups in total.